The van der Waals surface area contributed by atoms with Gasteiger partial charge in [0.2, 0.25) is 0 Å². The molecule has 0 N–H and O–H groups in total. The third kappa shape index (κ3) is 3.40. The first-order valence-corrected chi connectivity index (χ1v) is 6.99. The zero-order valence-electron chi connectivity index (χ0n) is 11.6. The van der Waals surface area contributed by atoms with Gasteiger partial charge in [-0.15, -0.1) is 0 Å². The molecule has 1 aromatic heterocycles. The molecule has 0 spiro atoms. The highest BCUT2D eigenvalue weighted by Gasteiger charge is 2.28. The number of carbonyl (C=O) groups excluding carboxylic acids is 2. The van der Waals surface area contributed by atoms with Gasteiger partial charge in [-0.3, -0.25) is 14.6 Å². The highest BCUT2D eigenvalue weighted by atomic mass is 19.1. The zero-order chi connectivity index (χ0) is 14.5. The van der Waals surface area contributed by atoms with Gasteiger partial charge in [0.05, 0.1) is 11.8 Å². The molecule has 1 amide bonds. The Morgan fingerprint density at radius 3 is 2.90 bits per heavy atom. The number of hydrogen-bond acceptors (Lipinski definition) is 3. The average molecular weight is 278 g/mol. The standard InChI is InChI=1S/C15H19FN2O2/c1-11(19)9-12-5-3-2-4-8-18(12)15(20)13-6-7-17-10-14(13)16/h6-7,10,12H,2-5,8-9H2,1H3. The fourth-order valence-corrected chi connectivity index (χ4v) is 2.69. The Hall–Kier alpha value is -1.78. The Labute approximate surface area is 118 Å². The summed E-state index contributed by atoms with van der Waals surface area (Å²) in [6.45, 7) is 2.11. The first-order chi connectivity index (χ1) is 9.59. The minimum atomic E-state index is -0.608. The third-order valence-corrected chi connectivity index (χ3v) is 3.66. The predicted octanol–water partition coefficient (Wildman–Crippen LogP) is 2.58. The average Bonchev–Trinajstić information content (AvgIpc) is 2.63. The van der Waals surface area contributed by atoms with Crippen LogP contribution < -0.4 is 0 Å². The van der Waals surface area contributed by atoms with Gasteiger partial charge < -0.3 is 4.90 Å². The minimum Gasteiger partial charge on any atom is -0.335 e. The number of carbonyl (C=O) groups is 2. The maximum absolute atomic E-state index is 13.7. The lowest BCUT2D eigenvalue weighted by atomic mass is 10.0. The second-order valence-corrected chi connectivity index (χ2v) is 5.26. The van der Waals surface area contributed by atoms with E-state index in [4.69, 9.17) is 0 Å². The van der Waals surface area contributed by atoms with E-state index in [2.05, 4.69) is 4.98 Å². The Kier molecular flexibility index (Phi) is 4.82. The molecule has 1 unspecified atom stereocenters. The molecule has 0 radical (unpaired) electrons. The highest BCUT2D eigenvalue weighted by Crippen LogP contribution is 2.22. The highest BCUT2D eigenvalue weighted by molar-refractivity contribution is 5.95. The van der Waals surface area contributed by atoms with Crippen LogP contribution in [0.15, 0.2) is 18.5 Å². The summed E-state index contributed by atoms with van der Waals surface area (Å²) < 4.78 is 13.7. The Bertz CT molecular complexity index is 504. The number of hydrogen-bond donors (Lipinski definition) is 0. The monoisotopic (exact) mass is 278 g/mol. The summed E-state index contributed by atoms with van der Waals surface area (Å²) in [5.41, 5.74) is 0.0375. The van der Waals surface area contributed by atoms with E-state index in [9.17, 15) is 14.0 Å². The van der Waals surface area contributed by atoms with Crippen molar-refractivity contribution in [1.82, 2.24) is 9.88 Å². The van der Waals surface area contributed by atoms with Gasteiger partial charge in [0.25, 0.3) is 5.91 Å². The molecule has 4 nitrogen and oxygen atoms in total. The summed E-state index contributed by atoms with van der Waals surface area (Å²) in [7, 11) is 0. The smallest absolute Gasteiger partial charge is 0.257 e. The van der Waals surface area contributed by atoms with E-state index in [0.29, 0.717) is 13.0 Å². The lowest BCUT2D eigenvalue weighted by Crippen LogP contribution is -2.41. The molecule has 0 aliphatic carbocycles. The molecule has 0 bridgehead atoms. The normalized spacial score (nSPS) is 19.5. The van der Waals surface area contributed by atoms with E-state index in [1.54, 1.807) is 4.90 Å². The molecule has 1 saturated heterocycles. The van der Waals surface area contributed by atoms with Gasteiger partial charge in [-0.2, -0.15) is 0 Å². The largest absolute Gasteiger partial charge is 0.335 e. The molecule has 1 aliphatic rings. The van der Waals surface area contributed by atoms with E-state index in [1.165, 1.54) is 19.2 Å². The summed E-state index contributed by atoms with van der Waals surface area (Å²) in [5, 5.41) is 0. The molecule has 1 aromatic rings. The molecule has 1 fully saturated rings. The van der Waals surface area contributed by atoms with Crippen LogP contribution in [0.3, 0.4) is 0 Å². The van der Waals surface area contributed by atoms with Crippen LogP contribution in [0.2, 0.25) is 0 Å². The number of rotatable bonds is 3. The maximum Gasteiger partial charge on any atom is 0.257 e. The van der Waals surface area contributed by atoms with E-state index in [1.807, 2.05) is 0 Å². The van der Waals surface area contributed by atoms with Crippen LogP contribution in [0.25, 0.3) is 0 Å². The molecule has 5 heteroatoms. The van der Waals surface area contributed by atoms with Crippen molar-refractivity contribution >= 4 is 11.7 Å². The number of pyridine rings is 1. The van der Waals surface area contributed by atoms with Crippen LogP contribution in [0.5, 0.6) is 0 Å². The first kappa shape index (κ1) is 14.6. The number of likely N-dealkylation sites (tertiary alicyclic amines) is 1. The van der Waals surface area contributed by atoms with E-state index >= 15 is 0 Å². The topological polar surface area (TPSA) is 50.3 Å². The predicted molar refractivity (Wildman–Crippen MR) is 72.8 cm³/mol. The lowest BCUT2D eigenvalue weighted by Gasteiger charge is -2.29. The number of amides is 1. The fraction of sp³-hybridized carbons (Fsp3) is 0.533. The van der Waals surface area contributed by atoms with Gasteiger partial charge in [0, 0.05) is 25.2 Å². The summed E-state index contributed by atoms with van der Waals surface area (Å²) in [5.74, 6) is -0.883. The number of ketones is 1. The van der Waals surface area contributed by atoms with E-state index in [0.717, 1.165) is 31.9 Å². The van der Waals surface area contributed by atoms with E-state index < -0.39 is 5.82 Å². The molecule has 2 rings (SSSR count). The van der Waals surface area contributed by atoms with Gasteiger partial charge in [-0.25, -0.2) is 4.39 Å². The first-order valence-electron chi connectivity index (χ1n) is 6.99. The van der Waals surface area contributed by atoms with Crippen LogP contribution >= 0.6 is 0 Å². The Morgan fingerprint density at radius 1 is 1.40 bits per heavy atom. The molecule has 0 saturated carbocycles. The van der Waals surface area contributed by atoms with Crippen LogP contribution in [0, 0.1) is 5.82 Å². The minimum absolute atomic E-state index is 0.0375. The zero-order valence-corrected chi connectivity index (χ0v) is 11.6. The van der Waals surface area contributed by atoms with Crippen molar-refractivity contribution in [2.24, 2.45) is 0 Å². The van der Waals surface area contributed by atoms with Gasteiger partial charge >= 0.3 is 0 Å². The van der Waals surface area contributed by atoms with Crippen LogP contribution in [-0.2, 0) is 4.79 Å². The summed E-state index contributed by atoms with van der Waals surface area (Å²) in [6, 6.07) is 1.28. The Morgan fingerprint density at radius 2 is 2.20 bits per heavy atom. The molecule has 1 aliphatic heterocycles. The van der Waals surface area contributed by atoms with E-state index in [-0.39, 0.29) is 23.3 Å². The van der Waals surface area contributed by atoms with Crippen molar-refractivity contribution < 1.29 is 14.0 Å². The van der Waals surface area contributed by atoms with Crippen LogP contribution in [0.4, 0.5) is 4.39 Å². The van der Waals surface area contributed by atoms with Gasteiger partial charge in [0.15, 0.2) is 5.82 Å². The van der Waals surface area contributed by atoms with Crippen molar-refractivity contribution in [2.45, 2.75) is 45.1 Å². The summed E-state index contributed by atoms with van der Waals surface area (Å²) in [4.78, 5) is 29.2. The molecule has 2 heterocycles. The van der Waals surface area contributed by atoms with Crippen LogP contribution in [0.1, 0.15) is 49.4 Å². The number of halogens is 1. The molecule has 108 valence electrons. The van der Waals surface area contributed by atoms with Crippen LogP contribution in [-0.4, -0.2) is 34.2 Å². The summed E-state index contributed by atoms with van der Waals surface area (Å²) in [6.07, 6.45) is 6.54. The van der Waals surface area contributed by atoms with Crippen molar-refractivity contribution in [3.63, 3.8) is 0 Å². The number of aromatic nitrogens is 1. The molecule has 0 aromatic carbocycles. The van der Waals surface area contributed by atoms with Crippen molar-refractivity contribution in [1.29, 1.82) is 0 Å². The van der Waals surface area contributed by atoms with Crippen molar-refractivity contribution in [3.05, 3.63) is 29.8 Å². The molecular formula is C15H19FN2O2. The fourth-order valence-electron chi connectivity index (χ4n) is 2.69. The third-order valence-electron chi connectivity index (χ3n) is 3.66. The molecular weight excluding hydrogens is 259 g/mol. The van der Waals surface area contributed by atoms with Gasteiger partial charge in [0.1, 0.15) is 5.78 Å². The van der Waals surface area contributed by atoms with Gasteiger partial charge in [-0.05, 0) is 25.8 Å². The number of Topliss-reactive ketones (excluding diaryl/α,β-unsaturated/α-hetero) is 1. The maximum atomic E-state index is 13.7. The van der Waals surface area contributed by atoms with Crippen molar-refractivity contribution in [3.8, 4) is 0 Å². The molecule has 1 atom stereocenters. The second kappa shape index (κ2) is 6.59. The van der Waals surface area contributed by atoms with Crippen molar-refractivity contribution in [2.75, 3.05) is 6.54 Å². The second-order valence-electron chi connectivity index (χ2n) is 5.26. The Balaban J connectivity index is 2.24. The lowest BCUT2D eigenvalue weighted by molar-refractivity contribution is -0.118. The quantitative estimate of drug-likeness (QED) is 0.854. The molecule has 20 heavy (non-hydrogen) atoms. The SMILES string of the molecule is CC(=O)CC1CCCCCN1C(=O)c1ccncc1F. The number of nitrogens with zero attached hydrogens (tertiary/aromatic N) is 2. The summed E-state index contributed by atoms with van der Waals surface area (Å²) >= 11 is 0. The van der Waals surface area contributed by atoms with Gasteiger partial charge in [-0.1, -0.05) is 12.8 Å².